The molecular formula is C51H31N7S. The summed E-state index contributed by atoms with van der Waals surface area (Å²) in [6.07, 6.45) is 0. The lowest BCUT2D eigenvalue weighted by Crippen LogP contribution is -2.03. The topological polar surface area (TPSA) is 90.2 Å². The van der Waals surface area contributed by atoms with Crippen molar-refractivity contribution in [2.45, 2.75) is 0 Å². The zero-order chi connectivity index (χ0) is 39.1. The number of thiophene rings is 1. The molecule has 0 aliphatic rings. The highest BCUT2D eigenvalue weighted by molar-refractivity contribution is 7.26. The van der Waals surface area contributed by atoms with Crippen molar-refractivity contribution in [2.24, 2.45) is 0 Å². The third-order valence-electron chi connectivity index (χ3n) is 10.4. The van der Waals surface area contributed by atoms with Crippen molar-refractivity contribution >= 4 is 42.4 Å². The molecule has 7 aromatic carbocycles. The maximum atomic E-state index is 5.18. The van der Waals surface area contributed by atoms with E-state index in [0.29, 0.717) is 34.8 Å². The first kappa shape index (κ1) is 34.4. The molecule has 0 atom stereocenters. The highest BCUT2D eigenvalue weighted by Crippen LogP contribution is 2.40. The van der Waals surface area contributed by atoms with E-state index in [0.717, 1.165) is 55.7 Å². The van der Waals surface area contributed by atoms with Crippen LogP contribution in [0.5, 0.6) is 0 Å². The number of benzene rings is 7. The number of para-hydroxylation sites is 1. The summed E-state index contributed by atoms with van der Waals surface area (Å²) in [5.74, 6) is 2.82. The molecule has 0 unspecified atom stereocenters. The van der Waals surface area contributed by atoms with E-state index in [2.05, 4.69) is 60.7 Å². The standard InChI is InChI=1S/C51H31N7S/c1-4-15-33(16-5-1)47-53-42(40-24-14-23-38-37-21-11-13-26-44(37)59-46(38)40)31-43(54-47)51-57-49(35-19-8-3-9-20-35)56-50(58-51)36-29-27-32(28-30-36)45-39-22-10-12-25-41(39)52-48(55-45)34-17-6-2-7-18-34/h1-31H. The smallest absolute Gasteiger partial charge is 0.182 e. The monoisotopic (exact) mass is 773 g/mol. The first-order valence-electron chi connectivity index (χ1n) is 19.3. The van der Waals surface area contributed by atoms with Gasteiger partial charge in [-0.25, -0.2) is 34.9 Å². The van der Waals surface area contributed by atoms with Gasteiger partial charge in [-0.15, -0.1) is 11.3 Å². The molecule has 0 aliphatic carbocycles. The first-order valence-corrected chi connectivity index (χ1v) is 20.1. The Morgan fingerprint density at radius 3 is 1.47 bits per heavy atom. The van der Waals surface area contributed by atoms with Crippen molar-refractivity contribution in [3.63, 3.8) is 0 Å². The van der Waals surface area contributed by atoms with Gasteiger partial charge in [0.1, 0.15) is 5.69 Å². The third kappa shape index (κ3) is 6.47. The van der Waals surface area contributed by atoms with Crippen LogP contribution in [-0.2, 0) is 0 Å². The molecule has 4 heterocycles. The lowest BCUT2D eigenvalue weighted by Gasteiger charge is -2.12. The number of aromatic nitrogens is 7. The molecule has 7 nitrogen and oxygen atoms in total. The Hall–Kier alpha value is -7.81. The van der Waals surface area contributed by atoms with Crippen LogP contribution in [0.3, 0.4) is 0 Å². The summed E-state index contributed by atoms with van der Waals surface area (Å²) < 4.78 is 2.41. The van der Waals surface area contributed by atoms with Gasteiger partial charge in [-0.3, -0.25) is 0 Å². The average molecular weight is 774 g/mol. The van der Waals surface area contributed by atoms with E-state index in [9.17, 15) is 0 Å². The molecule has 0 saturated heterocycles. The minimum Gasteiger partial charge on any atom is -0.228 e. The van der Waals surface area contributed by atoms with Crippen LogP contribution in [-0.4, -0.2) is 34.9 Å². The van der Waals surface area contributed by atoms with Crippen LogP contribution in [0.15, 0.2) is 188 Å². The van der Waals surface area contributed by atoms with Crippen molar-refractivity contribution in [1.82, 2.24) is 34.9 Å². The molecule has 0 saturated carbocycles. The van der Waals surface area contributed by atoms with Gasteiger partial charge in [-0.2, -0.15) is 0 Å². The van der Waals surface area contributed by atoms with E-state index in [-0.39, 0.29) is 0 Å². The Labute approximate surface area is 343 Å². The summed E-state index contributed by atoms with van der Waals surface area (Å²) in [5.41, 5.74) is 8.72. The van der Waals surface area contributed by atoms with E-state index in [1.165, 1.54) is 20.2 Å². The van der Waals surface area contributed by atoms with Crippen molar-refractivity contribution in [1.29, 1.82) is 0 Å². The summed E-state index contributed by atoms with van der Waals surface area (Å²) in [5, 5.41) is 3.42. The molecule has 0 radical (unpaired) electrons. The molecule has 59 heavy (non-hydrogen) atoms. The van der Waals surface area contributed by atoms with E-state index in [1.807, 2.05) is 127 Å². The number of nitrogens with zero attached hydrogens (tertiary/aromatic N) is 7. The number of hydrogen-bond acceptors (Lipinski definition) is 8. The molecule has 11 rings (SSSR count). The van der Waals surface area contributed by atoms with Crippen molar-refractivity contribution in [3.05, 3.63) is 188 Å². The van der Waals surface area contributed by atoms with Crippen LogP contribution in [0, 0.1) is 0 Å². The highest BCUT2D eigenvalue weighted by atomic mass is 32.1. The lowest BCUT2D eigenvalue weighted by atomic mass is 10.0. The maximum absolute atomic E-state index is 5.18. The fraction of sp³-hybridized carbons (Fsp3) is 0. The summed E-state index contributed by atoms with van der Waals surface area (Å²) in [6.45, 7) is 0. The molecule has 0 amide bonds. The van der Waals surface area contributed by atoms with Crippen LogP contribution in [0.1, 0.15) is 0 Å². The molecule has 8 heteroatoms. The van der Waals surface area contributed by atoms with Crippen molar-refractivity contribution < 1.29 is 0 Å². The van der Waals surface area contributed by atoms with Crippen LogP contribution in [0.2, 0.25) is 0 Å². The first-order chi connectivity index (χ1) is 29.2. The Kier molecular flexibility index (Phi) is 8.52. The number of hydrogen-bond donors (Lipinski definition) is 0. The Bertz CT molecular complexity index is 3320. The zero-order valence-electron chi connectivity index (χ0n) is 31.4. The minimum absolute atomic E-state index is 0.455. The summed E-state index contributed by atoms with van der Waals surface area (Å²) in [7, 11) is 0. The predicted octanol–water partition coefficient (Wildman–Crippen LogP) is 12.6. The van der Waals surface area contributed by atoms with Crippen LogP contribution in [0.4, 0.5) is 0 Å². The maximum Gasteiger partial charge on any atom is 0.182 e. The summed E-state index contributed by atoms with van der Waals surface area (Å²) in [6, 6.07) is 63.5. The quantitative estimate of drug-likeness (QED) is 0.159. The summed E-state index contributed by atoms with van der Waals surface area (Å²) in [4.78, 5) is 35.6. The van der Waals surface area contributed by atoms with Crippen LogP contribution >= 0.6 is 11.3 Å². The molecule has 0 fully saturated rings. The SMILES string of the molecule is c1ccc(-c2nc(-c3nc(-c4ccccc4)nc(-c4ccc(-c5nc(-c6ccccc6)nc6ccccc56)cc4)n3)cc(-c3cccc4c3sc3ccccc34)n2)cc1. The molecule has 4 aromatic heterocycles. The predicted molar refractivity (Wildman–Crippen MR) is 239 cm³/mol. The fourth-order valence-electron chi connectivity index (χ4n) is 7.49. The second-order valence-electron chi connectivity index (χ2n) is 14.1. The second-order valence-corrected chi connectivity index (χ2v) is 15.2. The van der Waals surface area contributed by atoms with Gasteiger partial charge in [0.05, 0.1) is 16.9 Å². The van der Waals surface area contributed by atoms with Gasteiger partial charge in [0.15, 0.2) is 29.1 Å². The lowest BCUT2D eigenvalue weighted by molar-refractivity contribution is 1.05. The number of fused-ring (bicyclic) bond motifs is 4. The van der Waals surface area contributed by atoms with E-state index in [1.54, 1.807) is 11.3 Å². The van der Waals surface area contributed by atoms with Crippen molar-refractivity contribution in [2.75, 3.05) is 0 Å². The highest BCUT2D eigenvalue weighted by Gasteiger charge is 2.19. The number of rotatable bonds is 7. The third-order valence-corrected chi connectivity index (χ3v) is 11.6. The normalized spacial score (nSPS) is 11.4. The largest absolute Gasteiger partial charge is 0.228 e. The van der Waals surface area contributed by atoms with Crippen LogP contribution in [0.25, 0.3) is 111 Å². The Balaban J connectivity index is 1.07. The van der Waals surface area contributed by atoms with Gasteiger partial charge < -0.3 is 0 Å². The van der Waals surface area contributed by atoms with E-state index in [4.69, 9.17) is 34.9 Å². The second kappa shape index (κ2) is 14.6. The van der Waals surface area contributed by atoms with Gasteiger partial charge in [-0.1, -0.05) is 170 Å². The molecule has 276 valence electrons. The molecule has 0 spiro atoms. The van der Waals surface area contributed by atoms with Gasteiger partial charge in [0.25, 0.3) is 0 Å². The fourth-order valence-corrected chi connectivity index (χ4v) is 8.72. The Morgan fingerprint density at radius 1 is 0.305 bits per heavy atom. The zero-order valence-corrected chi connectivity index (χ0v) is 32.3. The van der Waals surface area contributed by atoms with Crippen molar-refractivity contribution in [3.8, 4) is 79.6 Å². The van der Waals surface area contributed by atoms with E-state index >= 15 is 0 Å². The van der Waals surface area contributed by atoms with E-state index < -0.39 is 0 Å². The average Bonchev–Trinajstić information content (AvgIpc) is 3.71. The molecule has 11 aromatic rings. The van der Waals surface area contributed by atoms with Gasteiger partial charge in [0.2, 0.25) is 0 Å². The Morgan fingerprint density at radius 2 is 0.797 bits per heavy atom. The molecule has 0 aliphatic heterocycles. The minimum atomic E-state index is 0.455. The van der Waals surface area contributed by atoms with Crippen LogP contribution < -0.4 is 0 Å². The molecular weight excluding hydrogens is 743 g/mol. The van der Waals surface area contributed by atoms with Gasteiger partial charge >= 0.3 is 0 Å². The van der Waals surface area contributed by atoms with Gasteiger partial charge in [0, 0.05) is 58.9 Å². The molecule has 0 bridgehead atoms. The molecule has 0 N–H and O–H groups in total. The van der Waals surface area contributed by atoms with Gasteiger partial charge in [-0.05, 0) is 18.2 Å². The summed E-state index contributed by atoms with van der Waals surface area (Å²) >= 11 is 1.78.